The number of nitrogens with one attached hydrogen (secondary N) is 1. The fraction of sp³-hybridized carbons (Fsp3) is 0.464. The van der Waals surface area contributed by atoms with Crippen LogP contribution < -0.4 is 5.32 Å². The zero-order chi connectivity index (χ0) is 22.6. The van der Waals surface area contributed by atoms with Gasteiger partial charge in [-0.25, -0.2) is 0 Å². The van der Waals surface area contributed by atoms with Crippen molar-refractivity contribution < 1.29 is 4.79 Å². The van der Waals surface area contributed by atoms with Crippen LogP contribution in [0.2, 0.25) is 5.02 Å². The predicted octanol–water partition coefficient (Wildman–Crippen LogP) is 6.00. The Kier molecular flexibility index (Phi) is 7.03. The van der Waals surface area contributed by atoms with Gasteiger partial charge in [-0.2, -0.15) is 0 Å². The maximum atomic E-state index is 12.8. The molecular weight excluding hydrogens is 430 g/mol. The van der Waals surface area contributed by atoms with E-state index >= 15 is 0 Å². The lowest BCUT2D eigenvalue weighted by atomic mass is 9.92. The number of aromatic nitrogens is 1. The summed E-state index contributed by atoms with van der Waals surface area (Å²) in [6.07, 6.45) is 8.05. The summed E-state index contributed by atoms with van der Waals surface area (Å²) in [6, 6.07) is 19.5. The highest BCUT2D eigenvalue weighted by atomic mass is 35.5. The van der Waals surface area contributed by atoms with Crippen molar-refractivity contribution in [2.24, 2.45) is 5.92 Å². The first-order chi connectivity index (χ1) is 16.2. The Bertz CT molecular complexity index is 1080. The second kappa shape index (κ2) is 10.3. The average molecular weight is 464 g/mol. The molecule has 0 radical (unpaired) electrons. The van der Waals surface area contributed by atoms with Crippen LogP contribution in [-0.2, 0) is 17.9 Å². The summed E-state index contributed by atoms with van der Waals surface area (Å²) in [5.41, 5.74) is 3.85. The number of carbonyl (C=O) groups excluding carboxylic acids is 1. The van der Waals surface area contributed by atoms with Crippen molar-refractivity contribution in [2.75, 3.05) is 13.1 Å². The number of likely N-dealkylation sites (tertiary alicyclic amines) is 1. The maximum Gasteiger partial charge on any atom is 0.223 e. The molecule has 0 atom stereocenters. The molecule has 2 heterocycles. The van der Waals surface area contributed by atoms with E-state index in [1.54, 1.807) is 0 Å². The second-order valence-corrected chi connectivity index (χ2v) is 10.2. The molecule has 2 aromatic carbocycles. The fourth-order valence-corrected chi connectivity index (χ4v) is 5.63. The van der Waals surface area contributed by atoms with Crippen molar-refractivity contribution in [2.45, 2.75) is 64.1 Å². The summed E-state index contributed by atoms with van der Waals surface area (Å²) in [7, 11) is 0. The average Bonchev–Trinajstić information content (AvgIpc) is 3.18. The molecule has 0 bridgehead atoms. The summed E-state index contributed by atoms with van der Waals surface area (Å²) < 4.78 is 2.43. The SMILES string of the molecule is O=C(NC1CCCCC1)C1CCN(Cc2cc3ccccc3n2Cc2ccc(Cl)cc2)CC1. The molecule has 1 saturated heterocycles. The number of hydrogen-bond acceptors (Lipinski definition) is 2. The largest absolute Gasteiger partial charge is 0.353 e. The highest BCUT2D eigenvalue weighted by Crippen LogP contribution is 2.26. The molecule has 3 aromatic rings. The summed E-state index contributed by atoms with van der Waals surface area (Å²) in [5, 5.41) is 5.39. The molecule has 33 heavy (non-hydrogen) atoms. The third kappa shape index (κ3) is 5.44. The molecule has 1 aliphatic heterocycles. The standard InChI is InChI=1S/C28H34ClN3O/c29-24-12-10-21(11-13-24)19-32-26(18-23-6-4-5-9-27(23)32)20-31-16-14-22(15-17-31)28(33)30-25-7-2-1-3-8-25/h4-6,9-13,18,22,25H,1-3,7-8,14-17,19-20H2,(H,30,33). The van der Waals surface area contributed by atoms with Crippen molar-refractivity contribution in [3.63, 3.8) is 0 Å². The minimum atomic E-state index is 0.170. The van der Waals surface area contributed by atoms with Crippen molar-refractivity contribution >= 4 is 28.4 Å². The van der Waals surface area contributed by atoms with Crippen LogP contribution in [-0.4, -0.2) is 34.5 Å². The number of benzene rings is 2. The smallest absolute Gasteiger partial charge is 0.223 e. The molecule has 2 aliphatic rings. The van der Waals surface area contributed by atoms with Gasteiger partial charge in [-0.3, -0.25) is 9.69 Å². The van der Waals surface area contributed by atoms with Crippen molar-refractivity contribution in [1.29, 1.82) is 0 Å². The molecule has 1 N–H and O–H groups in total. The molecule has 0 unspecified atom stereocenters. The summed E-state index contributed by atoms with van der Waals surface area (Å²) >= 11 is 6.10. The Morgan fingerprint density at radius 2 is 1.64 bits per heavy atom. The molecule has 4 nitrogen and oxygen atoms in total. The van der Waals surface area contributed by atoms with Gasteiger partial charge in [0.1, 0.15) is 0 Å². The zero-order valence-corrected chi connectivity index (χ0v) is 20.1. The highest BCUT2D eigenvalue weighted by Gasteiger charge is 2.27. The number of fused-ring (bicyclic) bond motifs is 1. The van der Waals surface area contributed by atoms with Gasteiger partial charge in [0.05, 0.1) is 0 Å². The fourth-order valence-electron chi connectivity index (χ4n) is 5.51. The Balaban J connectivity index is 1.24. The first-order valence-corrected chi connectivity index (χ1v) is 12.9. The van der Waals surface area contributed by atoms with E-state index in [0.29, 0.717) is 11.9 Å². The van der Waals surface area contributed by atoms with Crippen molar-refractivity contribution in [3.8, 4) is 0 Å². The number of carbonyl (C=O) groups is 1. The molecule has 0 spiro atoms. The highest BCUT2D eigenvalue weighted by molar-refractivity contribution is 6.30. The predicted molar refractivity (Wildman–Crippen MR) is 136 cm³/mol. The minimum Gasteiger partial charge on any atom is -0.353 e. The Morgan fingerprint density at radius 3 is 2.39 bits per heavy atom. The molecule has 1 amide bonds. The van der Waals surface area contributed by atoms with Gasteiger partial charge in [0.15, 0.2) is 0 Å². The van der Waals surface area contributed by atoms with E-state index < -0.39 is 0 Å². The molecular formula is C28H34ClN3O. The number of hydrogen-bond donors (Lipinski definition) is 1. The van der Waals surface area contributed by atoms with Crippen LogP contribution in [0.1, 0.15) is 56.2 Å². The Hall–Kier alpha value is -2.30. The van der Waals surface area contributed by atoms with E-state index in [1.807, 2.05) is 12.1 Å². The van der Waals surface area contributed by atoms with E-state index in [4.69, 9.17) is 11.6 Å². The van der Waals surface area contributed by atoms with Crippen molar-refractivity contribution in [3.05, 3.63) is 70.9 Å². The zero-order valence-electron chi connectivity index (χ0n) is 19.3. The monoisotopic (exact) mass is 463 g/mol. The van der Waals surface area contributed by atoms with Gasteiger partial charge in [0.2, 0.25) is 5.91 Å². The van der Waals surface area contributed by atoms with Gasteiger partial charge >= 0.3 is 0 Å². The van der Waals surface area contributed by atoms with Crippen LogP contribution in [0.4, 0.5) is 0 Å². The molecule has 5 heteroatoms. The van der Waals surface area contributed by atoms with Crippen LogP contribution in [0.15, 0.2) is 54.6 Å². The lowest BCUT2D eigenvalue weighted by molar-refractivity contribution is -0.127. The maximum absolute atomic E-state index is 12.8. The third-order valence-corrected chi connectivity index (χ3v) is 7.70. The van der Waals surface area contributed by atoms with E-state index in [0.717, 1.165) is 56.9 Å². The molecule has 2 fully saturated rings. The molecule has 5 rings (SSSR count). The van der Waals surface area contributed by atoms with E-state index in [9.17, 15) is 4.79 Å². The number of rotatable bonds is 6. The van der Waals surface area contributed by atoms with Crippen LogP contribution >= 0.6 is 11.6 Å². The van der Waals surface area contributed by atoms with E-state index in [-0.39, 0.29) is 5.92 Å². The third-order valence-electron chi connectivity index (χ3n) is 7.45. The van der Waals surface area contributed by atoms with Gasteiger partial charge < -0.3 is 9.88 Å². The first-order valence-electron chi connectivity index (χ1n) is 12.5. The van der Waals surface area contributed by atoms with Crippen LogP contribution in [0.25, 0.3) is 10.9 Å². The Morgan fingerprint density at radius 1 is 0.909 bits per heavy atom. The second-order valence-electron chi connectivity index (χ2n) is 9.80. The van der Waals surface area contributed by atoms with Gasteiger partial charge in [-0.05, 0) is 74.0 Å². The summed E-state index contributed by atoms with van der Waals surface area (Å²) in [6.45, 7) is 3.70. The first kappa shape index (κ1) is 22.5. The number of halogens is 1. The van der Waals surface area contributed by atoms with Crippen LogP contribution in [0.5, 0.6) is 0 Å². The normalized spacial score (nSPS) is 18.6. The number of nitrogens with zero attached hydrogens (tertiary/aromatic N) is 2. The van der Waals surface area contributed by atoms with Gasteiger partial charge in [-0.15, -0.1) is 0 Å². The molecule has 1 saturated carbocycles. The molecule has 1 aromatic heterocycles. The van der Waals surface area contributed by atoms with Crippen molar-refractivity contribution in [1.82, 2.24) is 14.8 Å². The summed E-state index contributed by atoms with van der Waals surface area (Å²) in [5.74, 6) is 0.460. The van der Waals surface area contributed by atoms with E-state index in [1.165, 1.54) is 41.4 Å². The van der Waals surface area contributed by atoms with E-state index in [2.05, 4.69) is 57.2 Å². The molecule has 174 valence electrons. The lowest BCUT2D eigenvalue weighted by Gasteiger charge is -2.33. The van der Waals surface area contributed by atoms with Crippen LogP contribution in [0, 0.1) is 5.92 Å². The van der Waals surface area contributed by atoms with Crippen LogP contribution in [0.3, 0.4) is 0 Å². The number of piperidine rings is 1. The Labute approximate surface area is 201 Å². The topological polar surface area (TPSA) is 37.3 Å². The molecule has 1 aliphatic carbocycles. The number of para-hydroxylation sites is 1. The summed E-state index contributed by atoms with van der Waals surface area (Å²) in [4.78, 5) is 15.3. The minimum absolute atomic E-state index is 0.170. The lowest BCUT2D eigenvalue weighted by Crippen LogP contribution is -2.44. The number of amides is 1. The quantitative estimate of drug-likeness (QED) is 0.486. The van der Waals surface area contributed by atoms with Gasteiger partial charge in [-0.1, -0.05) is 61.2 Å². The van der Waals surface area contributed by atoms with Gasteiger partial charge in [0, 0.05) is 41.3 Å². The van der Waals surface area contributed by atoms with Gasteiger partial charge in [0.25, 0.3) is 0 Å².